The summed E-state index contributed by atoms with van der Waals surface area (Å²) >= 11 is 0. The predicted molar refractivity (Wildman–Crippen MR) is 107 cm³/mol. The van der Waals surface area contributed by atoms with Gasteiger partial charge in [-0.05, 0) is 32.0 Å². The molecule has 2 aliphatic heterocycles. The van der Waals surface area contributed by atoms with Gasteiger partial charge in [-0.2, -0.15) is 0 Å². The van der Waals surface area contributed by atoms with E-state index in [1.54, 1.807) is 0 Å². The van der Waals surface area contributed by atoms with Crippen LogP contribution in [-0.4, -0.2) is 37.3 Å². The van der Waals surface area contributed by atoms with E-state index in [2.05, 4.69) is 34.6 Å². The van der Waals surface area contributed by atoms with Gasteiger partial charge in [0.2, 0.25) is 5.91 Å². The number of benzodiazepines with no additional fused rings is 1. The van der Waals surface area contributed by atoms with Crippen molar-refractivity contribution < 1.29 is 4.79 Å². The van der Waals surface area contributed by atoms with Gasteiger partial charge in [0.15, 0.2) is 0 Å². The second kappa shape index (κ2) is 7.93. The highest BCUT2D eigenvalue weighted by atomic mass is 79.9. The molecule has 0 saturated carbocycles. The average Bonchev–Trinajstić information content (AvgIpc) is 2.79. The van der Waals surface area contributed by atoms with Gasteiger partial charge in [-0.25, -0.2) is 0 Å². The number of anilines is 1. The Morgan fingerprint density at radius 3 is 2.40 bits per heavy atom. The van der Waals surface area contributed by atoms with Crippen molar-refractivity contribution in [2.45, 2.75) is 18.9 Å². The number of nitrogens with one attached hydrogen (secondary N) is 1. The molecule has 0 aromatic heterocycles. The number of fused-ring (bicyclic) bond motifs is 1. The van der Waals surface area contributed by atoms with Gasteiger partial charge in [-0.1, -0.05) is 48.5 Å². The number of piperidine rings is 1. The zero-order valence-corrected chi connectivity index (χ0v) is 15.7. The minimum atomic E-state index is 0. The molecule has 0 spiro atoms. The fourth-order valence-corrected chi connectivity index (χ4v) is 3.63. The first kappa shape index (κ1) is 17.8. The van der Waals surface area contributed by atoms with Gasteiger partial charge in [0.25, 0.3) is 0 Å². The van der Waals surface area contributed by atoms with E-state index in [0.29, 0.717) is 0 Å². The summed E-state index contributed by atoms with van der Waals surface area (Å²) in [7, 11) is 0. The lowest BCUT2D eigenvalue weighted by Gasteiger charge is -2.34. The minimum Gasteiger partial charge on any atom is -0.317 e. The first-order chi connectivity index (χ1) is 11.8. The highest BCUT2D eigenvalue weighted by Crippen LogP contribution is 2.30. The molecule has 25 heavy (non-hydrogen) atoms. The number of benzene rings is 2. The largest absolute Gasteiger partial charge is 0.317 e. The Hall–Kier alpha value is -1.98. The lowest BCUT2D eigenvalue weighted by Crippen LogP contribution is -2.47. The number of carbonyl (C=O) groups is 1. The van der Waals surface area contributed by atoms with Crippen molar-refractivity contribution in [2.24, 2.45) is 4.99 Å². The van der Waals surface area contributed by atoms with E-state index in [-0.39, 0.29) is 35.5 Å². The van der Waals surface area contributed by atoms with E-state index in [1.165, 1.54) is 0 Å². The van der Waals surface area contributed by atoms with Crippen LogP contribution in [0, 0.1) is 0 Å². The molecule has 2 heterocycles. The van der Waals surface area contributed by atoms with Crippen LogP contribution in [-0.2, 0) is 4.79 Å². The highest BCUT2D eigenvalue weighted by molar-refractivity contribution is 8.93. The Kier molecular flexibility index (Phi) is 5.66. The topological polar surface area (TPSA) is 44.7 Å². The maximum atomic E-state index is 12.9. The minimum absolute atomic E-state index is 0. The van der Waals surface area contributed by atoms with Crippen LogP contribution >= 0.6 is 17.0 Å². The van der Waals surface area contributed by atoms with E-state index < -0.39 is 0 Å². The fourth-order valence-electron chi connectivity index (χ4n) is 3.63. The van der Waals surface area contributed by atoms with Gasteiger partial charge in [-0.3, -0.25) is 9.79 Å². The summed E-state index contributed by atoms with van der Waals surface area (Å²) in [5.41, 5.74) is 4.02. The van der Waals surface area contributed by atoms with Gasteiger partial charge in [0.05, 0.1) is 11.4 Å². The summed E-state index contributed by atoms with van der Waals surface area (Å²) in [6.45, 7) is 2.13. The Morgan fingerprint density at radius 2 is 1.64 bits per heavy atom. The molecule has 0 aliphatic carbocycles. The molecule has 1 N–H and O–H groups in total. The maximum absolute atomic E-state index is 12.9. The van der Waals surface area contributed by atoms with E-state index in [4.69, 9.17) is 0 Å². The van der Waals surface area contributed by atoms with Crippen LogP contribution in [0.15, 0.2) is 59.6 Å². The van der Waals surface area contributed by atoms with Crippen LogP contribution in [0.5, 0.6) is 0 Å². The number of hydrogen-bond donors (Lipinski definition) is 1. The molecule has 0 bridgehead atoms. The number of para-hydroxylation sites is 1. The SMILES string of the molecule is Br.O=C1CN=C(c2ccccc2)c2ccccc2N1C1CCNCC1. The fraction of sp³-hybridized carbons (Fsp3) is 0.300. The summed E-state index contributed by atoms with van der Waals surface area (Å²) in [4.78, 5) is 19.5. The standard InChI is InChI=1S/C20H21N3O.BrH/c24-19-14-22-20(15-6-2-1-3-7-15)17-8-4-5-9-18(17)23(19)16-10-12-21-13-11-16;/h1-9,16,21H,10-14H2;1H. The third-order valence-electron chi connectivity index (χ3n) is 4.78. The molecule has 0 radical (unpaired) electrons. The lowest BCUT2D eigenvalue weighted by atomic mass is 9.98. The van der Waals surface area contributed by atoms with Gasteiger partial charge in [0.1, 0.15) is 6.54 Å². The third-order valence-corrected chi connectivity index (χ3v) is 4.78. The van der Waals surface area contributed by atoms with E-state index >= 15 is 0 Å². The zero-order valence-electron chi connectivity index (χ0n) is 14.0. The molecule has 1 fully saturated rings. The molecule has 1 saturated heterocycles. The number of nitrogens with zero attached hydrogens (tertiary/aromatic N) is 2. The van der Waals surface area contributed by atoms with Crippen molar-refractivity contribution in [3.05, 3.63) is 65.7 Å². The third kappa shape index (κ3) is 3.53. The van der Waals surface area contributed by atoms with Crippen molar-refractivity contribution in [1.82, 2.24) is 5.32 Å². The molecule has 1 amide bonds. The number of amides is 1. The second-order valence-electron chi connectivity index (χ2n) is 6.29. The van der Waals surface area contributed by atoms with Crippen molar-refractivity contribution in [1.29, 1.82) is 0 Å². The molecule has 2 aromatic carbocycles. The predicted octanol–water partition coefficient (Wildman–Crippen LogP) is 3.20. The van der Waals surface area contributed by atoms with Crippen molar-refractivity contribution >= 4 is 34.3 Å². The molecule has 4 rings (SSSR count). The van der Waals surface area contributed by atoms with Crippen LogP contribution in [0.4, 0.5) is 5.69 Å². The number of hydrogen-bond acceptors (Lipinski definition) is 3. The monoisotopic (exact) mass is 399 g/mol. The van der Waals surface area contributed by atoms with Crippen LogP contribution in [0.25, 0.3) is 0 Å². The smallest absolute Gasteiger partial charge is 0.248 e. The first-order valence-electron chi connectivity index (χ1n) is 8.56. The van der Waals surface area contributed by atoms with E-state index in [9.17, 15) is 4.79 Å². The van der Waals surface area contributed by atoms with Crippen molar-refractivity contribution in [3.63, 3.8) is 0 Å². The van der Waals surface area contributed by atoms with Gasteiger partial charge >= 0.3 is 0 Å². The average molecular weight is 400 g/mol. The second-order valence-corrected chi connectivity index (χ2v) is 6.29. The van der Waals surface area contributed by atoms with Crippen LogP contribution in [0.2, 0.25) is 0 Å². The van der Waals surface area contributed by atoms with Gasteiger partial charge < -0.3 is 10.2 Å². The molecule has 0 unspecified atom stereocenters. The summed E-state index contributed by atoms with van der Waals surface area (Å²) in [6, 6.07) is 18.6. The quantitative estimate of drug-likeness (QED) is 0.842. The summed E-state index contributed by atoms with van der Waals surface area (Å²) in [6.07, 6.45) is 1.97. The molecule has 4 nitrogen and oxygen atoms in total. The normalized spacial score (nSPS) is 18.0. The molecule has 2 aliphatic rings. The Balaban J connectivity index is 0.00000182. The van der Waals surface area contributed by atoms with Crippen molar-refractivity contribution in [3.8, 4) is 0 Å². The number of rotatable bonds is 2. The number of carbonyl (C=O) groups excluding carboxylic acids is 1. The van der Waals surface area contributed by atoms with Gasteiger partial charge in [-0.15, -0.1) is 17.0 Å². The molecule has 130 valence electrons. The Bertz CT molecular complexity index is 770. The molecule has 0 atom stereocenters. The van der Waals surface area contributed by atoms with E-state index in [1.807, 2.05) is 35.2 Å². The van der Waals surface area contributed by atoms with Crippen LogP contribution < -0.4 is 10.2 Å². The molecular weight excluding hydrogens is 378 g/mol. The summed E-state index contributed by atoms with van der Waals surface area (Å²) in [5, 5.41) is 3.38. The first-order valence-corrected chi connectivity index (χ1v) is 8.56. The van der Waals surface area contributed by atoms with E-state index in [0.717, 1.165) is 48.5 Å². The van der Waals surface area contributed by atoms with Crippen LogP contribution in [0.1, 0.15) is 24.0 Å². The Morgan fingerprint density at radius 1 is 0.960 bits per heavy atom. The van der Waals surface area contributed by atoms with Gasteiger partial charge in [0, 0.05) is 17.2 Å². The Labute approximate surface area is 158 Å². The molecule has 5 heteroatoms. The summed E-state index contributed by atoms with van der Waals surface area (Å²) < 4.78 is 0. The lowest BCUT2D eigenvalue weighted by molar-refractivity contribution is -0.117. The highest BCUT2D eigenvalue weighted by Gasteiger charge is 2.31. The van der Waals surface area contributed by atoms with Crippen molar-refractivity contribution in [2.75, 3.05) is 24.5 Å². The summed E-state index contributed by atoms with van der Waals surface area (Å²) in [5.74, 6) is 0.0975. The maximum Gasteiger partial charge on any atom is 0.248 e. The molecular formula is C20H22BrN3O. The number of halogens is 1. The molecule has 2 aromatic rings. The zero-order chi connectivity index (χ0) is 16.4. The van der Waals surface area contributed by atoms with Crippen LogP contribution in [0.3, 0.4) is 0 Å². The number of aliphatic imine (C=N–C) groups is 1.